The van der Waals surface area contributed by atoms with E-state index in [9.17, 15) is 0 Å². The third-order valence-electron chi connectivity index (χ3n) is 2.77. The molecule has 0 spiro atoms. The Morgan fingerprint density at radius 3 is 1.88 bits per heavy atom. The number of rotatable bonds is 1. The van der Waals surface area contributed by atoms with Crippen molar-refractivity contribution in [3.63, 3.8) is 0 Å². The van der Waals surface area contributed by atoms with Crippen LogP contribution in [0.25, 0.3) is 0 Å². The first-order valence-corrected chi connectivity index (χ1v) is 5.43. The van der Waals surface area contributed by atoms with E-state index in [0.29, 0.717) is 5.92 Å². The van der Waals surface area contributed by atoms with Gasteiger partial charge in [0, 0.05) is 0 Å². The number of hydrogen-bond acceptors (Lipinski definition) is 0. The first kappa shape index (κ1) is 17.6. The van der Waals surface area contributed by atoms with Gasteiger partial charge in [0.25, 0.3) is 0 Å². The van der Waals surface area contributed by atoms with E-state index in [-0.39, 0.29) is 20.3 Å². The monoisotopic (exact) mass is 222 g/mol. The standard InChI is InChI=1S/C14H22.2CH4/c1-10(2)13-9-12(14(4,5)6)8-7-11(13)3;;/h7-10H,1-6H3;2*1H4. The third kappa shape index (κ3) is 4.00. The first-order valence-electron chi connectivity index (χ1n) is 5.43. The van der Waals surface area contributed by atoms with Crippen molar-refractivity contribution >= 4 is 0 Å². The minimum Gasteiger partial charge on any atom is -0.0776 e. The summed E-state index contributed by atoms with van der Waals surface area (Å²) in [6.45, 7) is 13.5. The van der Waals surface area contributed by atoms with Gasteiger partial charge in [0.2, 0.25) is 0 Å². The summed E-state index contributed by atoms with van der Waals surface area (Å²) in [5.74, 6) is 0.622. The molecular formula is C16H30. The van der Waals surface area contributed by atoms with Crippen LogP contribution in [0, 0.1) is 6.92 Å². The van der Waals surface area contributed by atoms with E-state index in [4.69, 9.17) is 0 Å². The number of aryl methyl sites for hydroxylation is 1. The fourth-order valence-electron chi connectivity index (χ4n) is 1.73. The highest BCUT2D eigenvalue weighted by molar-refractivity contribution is 5.36. The molecule has 0 aliphatic carbocycles. The van der Waals surface area contributed by atoms with Crippen molar-refractivity contribution in [2.45, 2.75) is 67.7 Å². The SMILES string of the molecule is C.C.Cc1ccc(C(C)(C)C)cc1C(C)C. The van der Waals surface area contributed by atoms with Crippen LogP contribution < -0.4 is 0 Å². The summed E-state index contributed by atoms with van der Waals surface area (Å²) in [6, 6.07) is 6.86. The predicted molar refractivity (Wildman–Crippen MR) is 77.4 cm³/mol. The lowest BCUT2D eigenvalue weighted by atomic mass is 9.83. The summed E-state index contributed by atoms with van der Waals surface area (Å²) in [4.78, 5) is 0. The maximum atomic E-state index is 2.36. The fraction of sp³-hybridized carbons (Fsp3) is 0.625. The minimum atomic E-state index is 0. The Labute approximate surface area is 103 Å². The molecule has 0 nitrogen and oxygen atoms in total. The second-order valence-corrected chi connectivity index (χ2v) is 5.48. The molecular weight excluding hydrogens is 192 g/mol. The largest absolute Gasteiger partial charge is 0.0776 e. The molecule has 0 aliphatic rings. The molecule has 0 amide bonds. The maximum Gasteiger partial charge on any atom is -0.0132 e. The van der Waals surface area contributed by atoms with E-state index < -0.39 is 0 Å². The second kappa shape index (κ2) is 6.08. The van der Waals surface area contributed by atoms with Crippen molar-refractivity contribution in [1.82, 2.24) is 0 Å². The molecule has 0 aromatic heterocycles. The molecule has 1 rings (SSSR count). The van der Waals surface area contributed by atoms with Gasteiger partial charge in [0.1, 0.15) is 0 Å². The average molecular weight is 222 g/mol. The summed E-state index contributed by atoms with van der Waals surface area (Å²) in [6.07, 6.45) is 0. The normalized spacial score (nSPS) is 10.7. The lowest BCUT2D eigenvalue weighted by Gasteiger charge is -2.21. The van der Waals surface area contributed by atoms with Gasteiger partial charge >= 0.3 is 0 Å². The zero-order chi connectivity index (χ0) is 10.9. The molecule has 0 atom stereocenters. The maximum absolute atomic E-state index is 2.36. The van der Waals surface area contributed by atoms with E-state index >= 15 is 0 Å². The van der Waals surface area contributed by atoms with Crippen molar-refractivity contribution in [1.29, 1.82) is 0 Å². The van der Waals surface area contributed by atoms with Crippen molar-refractivity contribution in [3.05, 3.63) is 34.9 Å². The summed E-state index contributed by atoms with van der Waals surface area (Å²) in [7, 11) is 0. The van der Waals surface area contributed by atoms with Crippen molar-refractivity contribution in [2.24, 2.45) is 0 Å². The van der Waals surface area contributed by atoms with Crippen LogP contribution in [-0.2, 0) is 5.41 Å². The quantitative estimate of drug-likeness (QED) is 0.572. The zero-order valence-corrected chi connectivity index (χ0v) is 10.3. The number of hydrogen-bond donors (Lipinski definition) is 0. The smallest absolute Gasteiger partial charge is 0.0132 e. The molecule has 0 N–H and O–H groups in total. The Balaban J connectivity index is 0. The van der Waals surface area contributed by atoms with Crippen LogP contribution in [0.3, 0.4) is 0 Å². The topological polar surface area (TPSA) is 0 Å². The lowest BCUT2D eigenvalue weighted by Crippen LogP contribution is -2.12. The third-order valence-corrected chi connectivity index (χ3v) is 2.77. The fourth-order valence-corrected chi connectivity index (χ4v) is 1.73. The molecule has 0 heteroatoms. The van der Waals surface area contributed by atoms with E-state index in [1.807, 2.05) is 0 Å². The molecule has 0 saturated heterocycles. The van der Waals surface area contributed by atoms with Gasteiger partial charge in [-0.05, 0) is 34.9 Å². The molecule has 0 radical (unpaired) electrons. The Morgan fingerprint density at radius 2 is 1.50 bits per heavy atom. The van der Waals surface area contributed by atoms with Gasteiger partial charge in [0.05, 0.1) is 0 Å². The van der Waals surface area contributed by atoms with Gasteiger partial charge in [-0.25, -0.2) is 0 Å². The molecule has 94 valence electrons. The Morgan fingerprint density at radius 1 is 1.00 bits per heavy atom. The van der Waals surface area contributed by atoms with Crippen LogP contribution in [0.2, 0.25) is 0 Å². The Bertz CT molecular complexity index is 313. The molecule has 0 unspecified atom stereocenters. The lowest BCUT2D eigenvalue weighted by molar-refractivity contribution is 0.588. The van der Waals surface area contributed by atoms with Gasteiger partial charge < -0.3 is 0 Å². The minimum absolute atomic E-state index is 0. The summed E-state index contributed by atoms with van der Waals surface area (Å²) in [5.41, 5.74) is 4.59. The van der Waals surface area contributed by atoms with Gasteiger partial charge in [-0.3, -0.25) is 0 Å². The summed E-state index contributed by atoms with van der Waals surface area (Å²) >= 11 is 0. The van der Waals surface area contributed by atoms with E-state index in [1.54, 1.807) is 0 Å². The van der Waals surface area contributed by atoms with Gasteiger partial charge in [-0.15, -0.1) is 0 Å². The predicted octanol–water partition coefficient (Wildman–Crippen LogP) is 5.69. The van der Waals surface area contributed by atoms with Crippen LogP contribution >= 0.6 is 0 Å². The highest BCUT2D eigenvalue weighted by atomic mass is 14.2. The van der Waals surface area contributed by atoms with Crippen LogP contribution in [0.15, 0.2) is 18.2 Å². The highest BCUT2D eigenvalue weighted by Crippen LogP contribution is 2.27. The van der Waals surface area contributed by atoms with Crippen LogP contribution in [0.4, 0.5) is 0 Å². The van der Waals surface area contributed by atoms with Gasteiger partial charge in [0.15, 0.2) is 0 Å². The van der Waals surface area contributed by atoms with Gasteiger partial charge in [-0.2, -0.15) is 0 Å². The molecule has 0 heterocycles. The molecule has 16 heavy (non-hydrogen) atoms. The molecule has 1 aromatic rings. The summed E-state index contributed by atoms with van der Waals surface area (Å²) in [5, 5.41) is 0. The van der Waals surface area contributed by atoms with Crippen LogP contribution in [-0.4, -0.2) is 0 Å². The molecule has 1 aromatic carbocycles. The first-order chi connectivity index (χ1) is 6.32. The van der Waals surface area contributed by atoms with Crippen molar-refractivity contribution in [2.75, 3.05) is 0 Å². The van der Waals surface area contributed by atoms with Crippen LogP contribution in [0.1, 0.15) is 72.1 Å². The zero-order valence-electron chi connectivity index (χ0n) is 10.3. The second-order valence-electron chi connectivity index (χ2n) is 5.48. The Kier molecular flexibility index (Phi) is 6.69. The Hall–Kier alpha value is -0.780. The molecule has 0 fully saturated rings. The van der Waals surface area contributed by atoms with E-state index in [0.717, 1.165) is 0 Å². The highest BCUT2D eigenvalue weighted by Gasteiger charge is 2.15. The summed E-state index contributed by atoms with van der Waals surface area (Å²) < 4.78 is 0. The molecule has 0 bridgehead atoms. The average Bonchev–Trinajstić information content (AvgIpc) is 2.02. The molecule has 0 aliphatic heterocycles. The van der Waals surface area contributed by atoms with Crippen molar-refractivity contribution < 1.29 is 0 Å². The van der Waals surface area contributed by atoms with Crippen LogP contribution in [0.5, 0.6) is 0 Å². The van der Waals surface area contributed by atoms with Gasteiger partial charge in [-0.1, -0.05) is 67.7 Å². The molecule has 0 saturated carbocycles. The number of benzene rings is 1. The van der Waals surface area contributed by atoms with Crippen molar-refractivity contribution in [3.8, 4) is 0 Å². The van der Waals surface area contributed by atoms with E-state index in [1.165, 1.54) is 16.7 Å². The van der Waals surface area contributed by atoms with E-state index in [2.05, 4.69) is 59.7 Å².